The number of nitro benzene ring substituents is 1. The van der Waals surface area contributed by atoms with Crippen LogP contribution < -0.4 is 4.74 Å². The molecular formula is C13H8NO3. The molecule has 0 aromatic heterocycles. The Morgan fingerprint density at radius 3 is 2.59 bits per heavy atom. The second kappa shape index (κ2) is 3.59. The van der Waals surface area contributed by atoms with Gasteiger partial charge in [-0.05, 0) is 12.1 Å². The van der Waals surface area contributed by atoms with Crippen molar-refractivity contribution in [2.24, 2.45) is 0 Å². The quantitative estimate of drug-likeness (QED) is 0.472. The first-order chi connectivity index (χ1) is 8.25. The predicted molar refractivity (Wildman–Crippen MR) is 62.1 cm³/mol. The predicted octanol–water partition coefficient (Wildman–Crippen LogP) is 3.30. The fraction of sp³-hybridized carbons (Fsp3) is 0. The first-order valence-electron chi connectivity index (χ1n) is 5.15. The van der Waals surface area contributed by atoms with Crippen LogP contribution in [0.4, 0.5) is 5.69 Å². The molecule has 1 aliphatic rings. The average Bonchev–Trinajstić information content (AvgIpc) is 2.35. The number of fused-ring (bicyclic) bond motifs is 2. The molecule has 0 unspecified atom stereocenters. The number of rotatable bonds is 1. The highest BCUT2D eigenvalue weighted by molar-refractivity contribution is 5.63. The Labute approximate surface area is 97.6 Å². The summed E-state index contributed by atoms with van der Waals surface area (Å²) in [6, 6.07) is 12.3. The van der Waals surface area contributed by atoms with Gasteiger partial charge in [0.15, 0.2) is 0 Å². The minimum Gasteiger partial charge on any atom is -0.456 e. The van der Waals surface area contributed by atoms with Gasteiger partial charge in [-0.1, -0.05) is 24.3 Å². The van der Waals surface area contributed by atoms with Crippen molar-refractivity contribution in [3.05, 3.63) is 70.1 Å². The molecule has 17 heavy (non-hydrogen) atoms. The molecule has 0 aliphatic carbocycles. The number of hydrogen-bond donors (Lipinski definition) is 0. The molecule has 83 valence electrons. The molecule has 2 aromatic carbocycles. The number of nitrogens with zero attached hydrogens (tertiary/aromatic N) is 1. The molecule has 0 fully saturated rings. The van der Waals surface area contributed by atoms with Crippen molar-refractivity contribution in [2.75, 3.05) is 0 Å². The monoisotopic (exact) mass is 226 g/mol. The molecule has 3 rings (SSSR count). The minimum atomic E-state index is -0.396. The SMILES string of the molecule is O=[N+]([O-])c1cccc2c1[CH]c1ccccc1O2. The Bertz CT molecular complexity index is 607. The number of ether oxygens (including phenoxy) is 1. The normalized spacial score (nSPS) is 12.2. The van der Waals surface area contributed by atoms with Crippen molar-refractivity contribution < 1.29 is 9.66 Å². The zero-order valence-electron chi connectivity index (χ0n) is 8.79. The van der Waals surface area contributed by atoms with Crippen molar-refractivity contribution in [1.82, 2.24) is 0 Å². The van der Waals surface area contributed by atoms with E-state index in [2.05, 4.69) is 0 Å². The number of para-hydroxylation sites is 1. The summed E-state index contributed by atoms with van der Waals surface area (Å²) in [7, 11) is 0. The zero-order valence-corrected chi connectivity index (χ0v) is 8.79. The average molecular weight is 226 g/mol. The third-order valence-electron chi connectivity index (χ3n) is 2.68. The van der Waals surface area contributed by atoms with Gasteiger partial charge in [0.05, 0.1) is 10.5 Å². The third-order valence-corrected chi connectivity index (χ3v) is 2.68. The van der Waals surface area contributed by atoms with E-state index in [9.17, 15) is 10.1 Å². The van der Waals surface area contributed by atoms with Crippen LogP contribution >= 0.6 is 0 Å². The summed E-state index contributed by atoms with van der Waals surface area (Å²) in [5, 5.41) is 10.9. The Morgan fingerprint density at radius 1 is 1.00 bits per heavy atom. The van der Waals surface area contributed by atoms with E-state index in [-0.39, 0.29) is 5.69 Å². The van der Waals surface area contributed by atoms with Gasteiger partial charge < -0.3 is 4.74 Å². The van der Waals surface area contributed by atoms with Crippen LogP contribution in [-0.4, -0.2) is 4.92 Å². The molecule has 4 heteroatoms. The van der Waals surface area contributed by atoms with E-state index in [4.69, 9.17) is 4.74 Å². The van der Waals surface area contributed by atoms with Gasteiger partial charge >= 0.3 is 0 Å². The van der Waals surface area contributed by atoms with Gasteiger partial charge in [0.1, 0.15) is 11.5 Å². The van der Waals surface area contributed by atoms with Crippen LogP contribution in [0.25, 0.3) is 0 Å². The van der Waals surface area contributed by atoms with E-state index in [1.807, 2.05) is 24.3 Å². The molecule has 0 N–H and O–H groups in total. The van der Waals surface area contributed by atoms with Gasteiger partial charge in [-0.3, -0.25) is 10.1 Å². The Kier molecular flexibility index (Phi) is 2.08. The van der Waals surface area contributed by atoms with Crippen molar-refractivity contribution in [3.8, 4) is 11.5 Å². The van der Waals surface area contributed by atoms with Crippen LogP contribution in [0.3, 0.4) is 0 Å². The zero-order chi connectivity index (χ0) is 11.8. The molecular weight excluding hydrogens is 218 g/mol. The van der Waals surface area contributed by atoms with Crippen LogP contribution in [-0.2, 0) is 0 Å². The van der Waals surface area contributed by atoms with Crippen LogP contribution in [0.2, 0.25) is 0 Å². The summed E-state index contributed by atoms with van der Waals surface area (Å²) in [6.07, 6.45) is 1.78. The molecule has 0 amide bonds. The highest BCUT2D eigenvalue weighted by Gasteiger charge is 2.24. The van der Waals surface area contributed by atoms with Crippen LogP contribution in [0.5, 0.6) is 11.5 Å². The maximum Gasteiger partial charge on any atom is 0.276 e. The number of hydrogen-bond acceptors (Lipinski definition) is 3. The van der Waals surface area contributed by atoms with Gasteiger partial charge in [-0.25, -0.2) is 0 Å². The fourth-order valence-electron chi connectivity index (χ4n) is 1.89. The highest BCUT2D eigenvalue weighted by atomic mass is 16.6. The minimum absolute atomic E-state index is 0.0667. The van der Waals surface area contributed by atoms with Crippen LogP contribution in [0.1, 0.15) is 11.1 Å². The first-order valence-corrected chi connectivity index (χ1v) is 5.15. The van der Waals surface area contributed by atoms with E-state index in [1.54, 1.807) is 18.6 Å². The summed E-state index contributed by atoms with van der Waals surface area (Å²) >= 11 is 0. The first kappa shape index (κ1) is 9.84. The molecule has 4 nitrogen and oxygen atoms in total. The Morgan fingerprint density at radius 2 is 1.76 bits per heavy atom. The Balaban J connectivity index is 2.15. The summed E-state index contributed by atoms with van der Waals surface area (Å²) in [5.41, 5.74) is 1.45. The Hall–Kier alpha value is -2.36. The summed E-state index contributed by atoms with van der Waals surface area (Å²) in [5.74, 6) is 1.25. The van der Waals surface area contributed by atoms with Crippen molar-refractivity contribution in [2.45, 2.75) is 0 Å². The number of benzene rings is 2. The van der Waals surface area contributed by atoms with Crippen LogP contribution in [0, 0.1) is 16.5 Å². The third kappa shape index (κ3) is 1.54. The van der Waals surface area contributed by atoms with Gasteiger partial charge in [0.2, 0.25) is 0 Å². The summed E-state index contributed by atoms with van der Waals surface area (Å²) < 4.78 is 5.63. The molecule has 1 heterocycles. The topological polar surface area (TPSA) is 52.4 Å². The van der Waals surface area contributed by atoms with Crippen LogP contribution in [0.15, 0.2) is 42.5 Å². The molecule has 1 aliphatic heterocycles. The maximum atomic E-state index is 10.9. The van der Waals surface area contributed by atoms with E-state index in [0.29, 0.717) is 11.3 Å². The van der Waals surface area contributed by atoms with Crippen molar-refractivity contribution in [3.63, 3.8) is 0 Å². The van der Waals surface area contributed by atoms with Crippen molar-refractivity contribution in [1.29, 1.82) is 0 Å². The summed E-state index contributed by atoms with van der Waals surface area (Å²) in [6.45, 7) is 0. The van der Waals surface area contributed by atoms with Gasteiger partial charge in [-0.2, -0.15) is 0 Å². The molecule has 1 radical (unpaired) electrons. The fourth-order valence-corrected chi connectivity index (χ4v) is 1.89. The lowest BCUT2D eigenvalue weighted by molar-refractivity contribution is -0.385. The molecule has 0 atom stereocenters. The van der Waals surface area contributed by atoms with E-state index >= 15 is 0 Å². The van der Waals surface area contributed by atoms with Gasteiger partial charge in [0, 0.05) is 18.1 Å². The lowest BCUT2D eigenvalue weighted by Crippen LogP contribution is -2.04. The highest BCUT2D eigenvalue weighted by Crippen LogP contribution is 2.41. The van der Waals surface area contributed by atoms with E-state index in [1.165, 1.54) is 6.07 Å². The standard InChI is InChI=1S/C13H8NO3/c15-14(16)11-5-3-7-13-10(11)8-9-4-1-2-6-12(9)17-13/h1-8H. The van der Waals surface area contributed by atoms with Crippen molar-refractivity contribution >= 4 is 5.69 Å². The lowest BCUT2D eigenvalue weighted by Gasteiger charge is -2.19. The van der Waals surface area contributed by atoms with Gasteiger partial charge in [0.25, 0.3) is 5.69 Å². The molecule has 0 saturated carbocycles. The molecule has 0 saturated heterocycles. The second-order valence-corrected chi connectivity index (χ2v) is 3.73. The summed E-state index contributed by atoms with van der Waals surface area (Å²) in [4.78, 5) is 10.5. The lowest BCUT2D eigenvalue weighted by atomic mass is 9.99. The van der Waals surface area contributed by atoms with Gasteiger partial charge in [-0.15, -0.1) is 0 Å². The smallest absolute Gasteiger partial charge is 0.276 e. The second-order valence-electron chi connectivity index (χ2n) is 3.73. The molecule has 0 spiro atoms. The molecule has 0 bridgehead atoms. The maximum absolute atomic E-state index is 10.9. The molecule has 2 aromatic rings. The number of nitro groups is 1. The largest absolute Gasteiger partial charge is 0.456 e. The van der Waals surface area contributed by atoms with E-state index < -0.39 is 4.92 Å². The van der Waals surface area contributed by atoms with E-state index in [0.717, 1.165) is 11.3 Å².